The average molecular weight is 285 g/mol. The van der Waals surface area contributed by atoms with Crippen LogP contribution in [0.3, 0.4) is 0 Å². The molecule has 0 saturated heterocycles. The smallest absolute Gasteiger partial charge is 0.122 e. The first kappa shape index (κ1) is 15.4. The quantitative estimate of drug-likeness (QED) is 0.913. The number of hydrogen-bond acceptors (Lipinski definition) is 3. The van der Waals surface area contributed by atoms with E-state index in [9.17, 15) is 0 Å². The number of ether oxygens (including phenoxy) is 2. The molecule has 0 bridgehead atoms. The summed E-state index contributed by atoms with van der Waals surface area (Å²) in [7, 11) is 3.29. The molecule has 0 radical (unpaired) electrons. The largest absolute Gasteiger partial charge is 0.497 e. The van der Waals surface area contributed by atoms with Crippen molar-refractivity contribution in [2.24, 2.45) is 5.73 Å². The number of methoxy groups -OCH3 is 2. The molecule has 0 heterocycles. The third kappa shape index (κ3) is 3.99. The molecule has 2 rings (SSSR count). The van der Waals surface area contributed by atoms with E-state index in [4.69, 9.17) is 15.2 Å². The van der Waals surface area contributed by atoms with Gasteiger partial charge in [-0.2, -0.15) is 0 Å². The molecule has 21 heavy (non-hydrogen) atoms. The van der Waals surface area contributed by atoms with Crippen LogP contribution in [0, 0.1) is 13.8 Å². The van der Waals surface area contributed by atoms with Crippen LogP contribution in [0.15, 0.2) is 36.4 Å². The summed E-state index contributed by atoms with van der Waals surface area (Å²) in [6.45, 7) is 4.22. The second-order valence-corrected chi connectivity index (χ2v) is 5.45. The molecule has 3 nitrogen and oxygen atoms in total. The molecule has 3 heteroatoms. The maximum Gasteiger partial charge on any atom is 0.122 e. The Labute approximate surface area is 126 Å². The highest BCUT2D eigenvalue weighted by Gasteiger charge is 2.11. The highest BCUT2D eigenvalue weighted by Crippen LogP contribution is 2.27. The molecule has 0 amide bonds. The summed E-state index contributed by atoms with van der Waals surface area (Å²) < 4.78 is 10.6. The first-order valence-electron chi connectivity index (χ1n) is 7.07. The maximum atomic E-state index is 6.36. The Bertz CT molecular complexity index is 580. The van der Waals surface area contributed by atoms with Crippen molar-refractivity contribution in [3.05, 3.63) is 58.7 Å². The molecule has 0 aliphatic carbocycles. The molecule has 2 aromatic carbocycles. The lowest BCUT2D eigenvalue weighted by molar-refractivity contribution is 0.392. The summed E-state index contributed by atoms with van der Waals surface area (Å²) in [6, 6.07) is 12.2. The van der Waals surface area contributed by atoms with Crippen LogP contribution in [0.1, 0.15) is 28.3 Å². The highest BCUT2D eigenvalue weighted by molar-refractivity contribution is 5.40. The molecule has 2 N–H and O–H groups in total. The first-order chi connectivity index (χ1) is 10.0. The summed E-state index contributed by atoms with van der Waals surface area (Å²) in [4.78, 5) is 0. The first-order valence-corrected chi connectivity index (χ1v) is 7.07. The average Bonchev–Trinajstić information content (AvgIpc) is 2.45. The minimum Gasteiger partial charge on any atom is -0.497 e. The van der Waals surface area contributed by atoms with Crippen molar-refractivity contribution in [3.8, 4) is 11.5 Å². The lowest BCUT2D eigenvalue weighted by Crippen LogP contribution is -2.14. The molecule has 0 saturated carbocycles. The van der Waals surface area contributed by atoms with Gasteiger partial charge < -0.3 is 15.2 Å². The van der Waals surface area contributed by atoms with Gasteiger partial charge in [0.2, 0.25) is 0 Å². The Balaban J connectivity index is 2.25. The van der Waals surface area contributed by atoms with Crippen LogP contribution in [0.2, 0.25) is 0 Å². The Morgan fingerprint density at radius 2 is 1.38 bits per heavy atom. The Morgan fingerprint density at radius 3 is 1.86 bits per heavy atom. The van der Waals surface area contributed by atoms with Crippen LogP contribution in [0.5, 0.6) is 11.5 Å². The summed E-state index contributed by atoms with van der Waals surface area (Å²) >= 11 is 0. The fraction of sp³-hybridized carbons (Fsp3) is 0.333. The molecule has 0 aromatic heterocycles. The summed E-state index contributed by atoms with van der Waals surface area (Å²) in [5.41, 5.74) is 11.2. The maximum absolute atomic E-state index is 6.36. The van der Waals surface area contributed by atoms with Gasteiger partial charge in [0.1, 0.15) is 11.5 Å². The molecule has 112 valence electrons. The van der Waals surface area contributed by atoms with Crippen LogP contribution in [0.4, 0.5) is 0 Å². The monoisotopic (exact) mass is 285 g/mol. The van der Waals surface area contributed by atoms with Gasteiger partial charge in [-0.15, -0.1) is 0 Å². The second-order valence-electron chi connectivity index (χ2n) is 5.45. The van der Waals surface area contributed by atoms with Crippen molar-refractivity contribution in [2.75, 3.05) is 14.2 Å². The zero-order valence-electron chi connectivity index (χ0n) is 13.1. The van der Waals surface area contributed by atoms with Gasteiger partial charge in [-0.05, 0) is 43.5 Å². The molecule has 0 aliphatic heterocycles. The SMILES string of the molecule is COc1cc(OC)cc(C(N)Cc2cc(C)cc(C)c2)c1. The second kappa shape index (κ2) is 6.64. The van der Waals surface area contributed by atoms with Gasteiger partial charge in [-0.1, -0.05) is 29.3 Å². The molecule has 0 aliphatic rings. The van der Waals surface area contributed by atoms with Crippen molar-refractivity contribution in [3.63, 3.8) is 0 Å². The topological polar surface area (TPSA) is 44.5 Å². The van der Waals surface area contributed by atoms with Crippen LogP contribution in [-0.2, 0) is 6.42 Å². The van der Waals surface area contributed by atoms with E-state index in [2.05, 4.69) is 32.0 Å². The number of rotatable bonds is 5. The lowest BCUT2D eigenvalue weighted by atomic mass is 9.97. The van der Waals surface area contributed by atoms with Gasteiger partial charge in [-0.3, -0.25) is 0 Å². The fourth-order valence-corrected chi connectivity index (χ4v) is 2.60. The normalized spacial score (nSPS) is 12.0. The summed E-state index contributed by atoms with van der Waals surface area (Å²) in [6.07, 6.45) is 0.791. The number of hydrogen-bond donors (Lipinski definition) is 1. The van der Waals surface area contributed by atoms with E-state index in [1.54, 1.807) is 14.2 Å². The molecule has 2 aromatic rings. The van der Waals surface area contributed by atoms with Crippen molar-refractivity contribution >= 4 is 0 Å². The molecular weight excluding hydrogens is 262 g/mol. The highest BCUT2D eigenvalue weighted by atomic mass is 16.5. The standard InChI is InChI=1S/C18H23NO2/c1-12-5-13(2)7-14(6-12)8-18(19)15-9-16(20-3)11-17(10-15)21-4/h5-7,9-11,18H,8,19H2,1-4H3. The van der Waals surface area contributed by atoms with E-state index < -0.39 is 0 Å². The fourth-order valence-electron chi connectivity index (χ4n) is 2.60. The number of nitrogens with two attached hydrogens (primary N) is 1. The summed E-state index contributed by atoms with van der Waals surface area (Å²) in [5.74, 6) is 1.53. The van der Waals surface area contributed by atoms with Gasteiger partial charge in [-0.25, -0.2) is 0 Å². The van der Waals surface area contributed by atoms with Gasteiger partial charge in [0.15, 0.2) is 0 Å². The molecule has 0 fully saturated rings. The van der Waals surface area contributed by atoms with E-state index >= 15 is 0 Å². The Morgan fingerprint density at radius 1 is 0.857 bits per heavy atom. The van der Waals surface area contributed by atoms with E-state index in [-0.39, 0.29) is 6.04 Å². The zero-order chi connectivity index (χ0) is 15.4. The van der Waals surface area contributed by atoms with Gasteiger partial charge in [0.05, 0.1) is 14.2 Å². The van der Waals surface area contributed by atoms with Crippen LogP contribution in [-0.4, -0.2) is 14.2 Å². The van der Waals surface area contributed by atoms with Gasteiger partial charge in [0.25, 0.3) is 0 Å². The molecule has 1 atom stereocenters. The van der Waals surface area contributed by atoms with Gasteiger partial charge >= 0.3 is 0 Å². The molecule has 1 unspecified atom stereocenters. The zero-order valence-corrected chi connectivity index (χ0v) is 13.1. The lowest BCUT2D eigenvalue weighted by Gasteiger charge is -2.15. The minimum absolute atomic E-state index is 0.0878. The summed E-state index contributed by atoms with van der Waals surface area (Å²) in [5, 5.41) is 0. The Kier molecular flexibility index (Phi) is 4.86. The van der Waals surface area contributed by atoms with E-state index in [1.165, 1.54) is 16.7 Å². The van der Waals surface area contributed by atoms with Crippen molar-refractivity contribution in [1.29, 1.82) is 0 Å². The van der Waals surface area contributed by atoms with Crippen molar-refractivity contribution in [2.45, 2.75) is 26.3 Å². The third-order valence-corrected chi connectivity index (χ3v) is 3.54. The van der Waals surface area contributed by atoms with Crippen molar-refractivity contribution < 1.29 is 9.47 Å². The van der Waals surface area contributed by atoms with Crippen molar-refractivity contribution in [1.82, 2.24) is 0 Å². The molecule has 0 spiro atoms. The van der Waals surface area contributed by atoms with E-state index in [0.717, 1.165) is 23.5 Å². The molecular formula is C18H23NO2. The number of benzene rings is 2. The minimum atomic E-state index is -0.0878. The third-order valence-electron chi connectivity index (χ3n) is 3.54. The predicted octanol–water partition coefficient (Wildman–Crippen LogP) is 3.56. The van der Waals surface area contributed by atoms with E-state index in [1.807, 2.05) is 18.2 Å². The Hall–Kier alpha value is -2.00. The van der Waals surface area contributed by atoms with Crippen LogP contribution >= 0.6 is 0 Å². The van der Waals surface area contributed by atoms with E-state index in [0.29, 0.717) is 0 Å². The van der Waals surface area contributed by atoms with Crippen LogP contribution < -0.4 is 15.2 Å². The van der Waals surface area contributed by atoms with Gasteiger partial charge in [0, 0.05) is 12.1 Å². The predicted molar refractivity (Wildman–Crippen MR) is 86.1 cm³/mol. The van der Waals surface area contributed by atoms with Crippen LogP contribution in [0.25, 0.3) is 0 Å². The number of aryl methyl sites for hydroxylation is 2.